The van der Waals surface area contributed by atoms with Crippen LogP contribution in [0, 0.1) is 17.3 Å². The van der Waals surface area contributed by atoms with E-state index in [4.69, 9.17) is 0 Å². The quantitative estimate of drug-likeness (QED) is 0.766. The Morgan fingerprint density at radius 2 is 2.07 bits per heavy atom. The van der Waals surface area contributed by atoms with Crippen molar-refractivity contribution in [1.82, 2.24) is 10.2 Å². The van der Waals surface area contributed by atoms with Gasteiger partial charge in [0.2, 0.25) is 0 Å². The first-order valence-corrected chi connectivity index (χ1v) is 6.45. The molecule has 1 N–H and O–H groups in total. The molecule has 1 saturated heterocycles. The van der Waals surface area contributed by atoms with Crippen LogP contribution in [0.3, 0.4) is 0 Å². The summed E-state index contributed by atoms with van der Waals surface area (Å²) in [6.45, 7) is 14.5. The molecule has 0 spiro atoms. The van der Waals surface area contributed by atoms with Crippen molar-refractivity contribution in [3.63, 3.8) is 0 Å². The van der Waals surface area contributed by atoms with Gasteiger partial charge in [0.1, 0.15) is 0 Å². The summed E-state index contributed by atoms with van der Waals surface area (Å²) in [5, 5.41) is 3.52. The third-order valence-corrected chi connectivity index (χ3v) is 4.34. The lowest BCUT2D eigenvalue weighted by Crippen LogP contribution is -2.54. The number of hydrogen-bond donors (Lipinski definition) is 1. The van der Waals surface area contributed by atoms with E-state index in [9.17, 15) is 0 Å². The minimum Gasteiger partial charge on any atom is -0.314 e. The molecule has 2 heteroatoms. The van der Waals surface area contributed by atoms with Crippen LogP contribution in [-0.4, -0.2) is 37.1 Å². The van der Waals surface area contributed by atoms with E-state index in [1.54, 1.807) is 0 Å². The maximum atomic E-state index is 3.52. The fourth-order valence-corrected chi connectivity index (χ4v) is 2.82. The van der Waals surface area contributed by atoms with Crippen LogP contribution >= 0.6 is 0 Å². The molecule has 2 aliphatic rings. The zero-order valence-electron chi connectivity index (χ0n) is 10.7. The molecular weight excluding hydrogens is 184 g/mol. The molecule has 2 atom stereocenters. The second-order valence-electron chi connectivity index (χ2n) is 6.40. The van der Waals surface area contributed by atoms with Gasteiger partial charge in [-0.05, 0) is 23.7 Å². The third-order valence-electron chi connectivity index (χ3n) is 4.34. The van der Waals surface area contributed by atoms with Crippen molar-refractivity contribution in [2.45, 2.75) is 40.2 Å². The number of rotatable bonds is 3. The highest BCUT2D eigenvalue weighted by molar-refractivity contribution is 4.98. The number of nitrogens with zero attached hydrogens (tertiary/aromatic N) is 1. The standard InChI is InChI=1S/C13H26N2/c1-10(2)12-8-14-5-6-15(12)9-11-7-13(11,3)4/h10-12,14H,5-9H2,1-4H3. The Hall–Kier alpha value is -0.0800. The predicted molar refractivity (Wildman–Crippen MR) is 65.0 cm³/mol. The summed E-state index contributed by atoms with van der Waals surface area (Å²) < 4.78 is 0. The van der Waals surface area contributed by atoms with Crippen molar-refractivity contribution in [2.24, 2.45) is 17.3 Å². The maximum absolute atomic E-state index is 3.52. The highest BCUT2D eigenvalue weighted by Crippen LogP contribution is 2.52. The minimum atomic E-state index is 0.631. The summed E-state index contributed by atoms with van der Waals surface area (Å²) in [6.07, 6.45) is 1.43. The summed E-state index contributed by atoms with van der Waals surface area (Å²) in [5.74, 6) is 1.73. The summed E-state index contributed by atoms with van der Waals surface area (Å²) >= 11 is 0. The number of hydrogen-bond acceptors (Lipinski definition) is 2. The van der Waals surface area contributed by atoms with E-state index >= 15 is 0 Å². The van der Waals surface area contributed by atoms with Gasteiger partial charge in [-0.1, -0.05) is 27.7 Å². The van der Waals surface area contributed by atoms with Gasteiger partial charge in [0.05, 0.1) is 0 Å². The van der Waals surface area contributed by atoms with E-state index in [-0.39, 0.29) is 0 Å². The Balaban J connectivity index is 1.88. The number of piperazine rings is 1. The lowest BCUT2D eigenvalue weighted by molar-refractivity contribution is 0.114. The zero-order chi connectivity index (χ0) is 11.1. The van der Waals surface area contributed by atoms with Crippen LogP contribution in [0.5, 0.6) is 0 Å². The molecule has 0 aromatic carbocycles. The second-order valence-corrected chi connectivity index (χ2v) is 6.40. The molecule has 1 heterocycles. The van der Waals surface area contributed by atoms with Crippen molar-refractivity contribution in [2.75, 3.05) is 26.2 Å². The van der Waals surface area contributed by atoms with Gasteiger partial charge in [0.15, 0.2) is 0 Å². The molecule has 1 aliphatic carbocycles. The monoisotopic (exact) mass is 210 g/mol. The molecule has 88 valence electrons. The Morgan fingerprint density at radius 1 is 1.40 bits per heavy atom. The Kier molecular flexibility index (Phi) is 3.09. The van der Waals surface area contributed by atoms with Gasteiger partial charge in [-0.25, -0.2) is 0 Å². The molecule has 2 unspecified atom stereocenters. The van der Waals surface area contributed by atoms with Gasteiger partial charge in [-0.15, -0.1) is 0 Å². The summed E-state index contributed by atoms with van der Waals surface area (Å²) in [6, 6.07) is 0.759. The summed E-state index contributed by atoms with van der Waals surface area (Å²) in [5.41, 5.74) is 0.631. The molecule has 1 saturated carbocycles. The summed E-state index contributed by atoms with van der Waals surface area (Å²) in [4.78, 5) is 2.72. The van der Waals surface area contributed by atoms with Crippen molar-refractivity contribution in [3.8, 4) is 0 Å². The molecule has 0 radical (unpaired) electrons. The lowest BCUT2D eigenvalue weighted by atomic mass is 9.99. The highest BCUT2D eigenvalue weighted by Gasteiger charge is 2.46. The minimum absolute atomic E-state index is 0.631. The van der Waals surface area contributed by atoms with Gasteiger partial charge in [-0.3, -0.25) is 4.90 Å². The van der Waals surface area contributed by atoms with Crippen molar-refractivity contribution >= 4 is 0 Å². The smallest absolute Gasteiger partial charge is 0.0244 e. The van der Waals surface area contributed by atoms with Crippen molar-refractivity contribution in [3.05, 3.63) is 0 Å². The van der Waals surface area contributed by atoms with E-state index in [0.29, 0.717) is 5.41 Å². The fourth-order valence-electron chi connectivity index (χ4n) is 2.82. The lowest BCUT2D eigenvalue weighted by Gasteiger charge is -2.39. The van der Waals surface area contributed by atoms with Gasteiger partial charge in [0, 0.05) is 32.2 Å². The van der Waals surface area contributed by atoms with Crippen molar-refractivity contribution < 1.29 is 0 Å². The molecule has 1 aliphatic heterocycles. The Morgan fingerprint density at radius 3 is 2.60 bits per heavy atom. The maximum Gasteiger partial charge on any atom is 0.0244 e. The van der Waals surface area contributed by atoms with Gasteiger partial charge in [0.25, 0.3) is 0 Å². The molecule has 0 aromatic heterocycles. The van der Waals surface area contributed by atoms with E-state index < -0.39 is 0 Å². The molecule has 15 heavy (non-hydrogen) atoms. The van der Waals surface area contributed by atoms with E-state index in [1.807, 2.05) is 0 Å². The zero-order valence-corrected chi connectivity index (χ0v) is 10.7. The molecule has 2 rings (SSSR count). The number of nitrogens with one attached hydrogen (secondary N) is 1. The van der Waals surface area contributed by atoms with E-state index in [0.717, 1.165) is 17.9 Å². The molecule has 0 amide bonds. The van der Waals surface area contributed by atoms with Gasteiger partial charge in [-0.2, -0.15) is 0 Å². The Bertz CT molecular complexity index is 223. The third kappa shape index (κ3) is 2.54. The molecule has 2 fully saturated rings. The van der Waals surface area contributed by atoms with Crippen LogP contribution in [0.4, 0.5) is 0 Å². The van der Waals surface area contributed by atoms with Crippen LogP contribution in [0.25, 0.3) is 0 Å². The average Bonchev–Trinajstić information content (AvgIpc) is 2.74. The SMILES string of the molecule is CC(C)C1CNCCN1CC1CC1(C)C. The predicted octanol–water partition coefficient (Wildman–Crippen LogP) is 1.96. The normalized spacial score (nSPS) is 35.8. The molecule has 0 aromatic rings. The highest BCUT2D eigenvalue weighted by atomic mass is 15.2. The first kappa shape index (κ1) is 11.4. The van der Waals surface area contributed by atoms with Crippen LogP contribution in [0.15, 0.2) is 0 Å². The molecular formula is C13H26N2. The fraction of sp³-hybridized carbons (Fsp3) is 1.00. The van der Waals surface area contributed by atoms with E-state index in [1.165, 1.54) is 32.6 Å². The average molecular weight is 210 g/mol. The van der Waals surface area contributed by atoms with Crippen LogP contribution in [0.2, 0.25) is 0 Å². The van der Waals surface area contributed by atoms with Crippen molar-refractivity contribution in [1.29, 1.82) is 0 Å². The van der Waals surface area contributed by atoms with Crippen LogP contribution in [-0.2, 0) is 0 Å². The van der Waals surface area contributed by atoms with Crippen LogP contribution in [0.1, 0.15) is 34.1 Å². The first-order chi connectivity index (χ1) is 7.00. The van der Waals surface area contributed by atoms with E-state index in [2.05, 4.69) is 37.9 Å². The van der Waals surface area contributed by atoms with Crippen LogP contribution < -0.4 is 5.32 Å². The molecule has 2 nitrogen and oxygen atoms in total. The molecule has 0 bridgehead atoms. The van der Waals surface area contributed by atoms with Gasteiger partial charge < -0.3 is 5.32 Å². The topological polar surface area (TPSA) is 15.3 Å². The Labute approximate surface area is 94.4 Å². The second kappa shape index (κ2) is 4.06. The summed E-state index contributed by atoms with van der Waals surface area (Å²) in [7, 11) is 0. The van der Waals surface area contributed by atoms with Gasteiger partial charge >= 0.3 is 0 Å². The largest absolute Gasteiger partial charge is 0.314 e. The first-order valence-electron chi connectivity index (χ1n) is 6.45.